The van der Waals surface area contributed by atoms with Crippen molar-refractivity contribution in [3.05, 3.63) is 46.2 Å². The second-order valence-corrected chi connectivity index (χ2v) is 4.47. The maximum atomic E-state index is 12.2. The first-order valence-corrected chi connectivity index (χ1v) is 6.21. The van der Waals surface area contributed by atoms with E-state index in [1.54, 1.807) is 11.4 Å². The average Bonchev–Trinajstić information content (AvgIpc) is 2.86. The van der Waals surface area contributed by atoms with E-state index >= 15 is 0 Å². The molecule has 1 heterocycles. The summed E-state index contributed by atoms with van der Waals surface area (Å²) in [6.45, 7) is -2.88. The van der Waals surface area contributed by atoms with Crippen molar-refractivity contribution in [1.29, 1.82) is 0 Å². The van der Waals surface area contributed by atoms with Gasteiger partial charge < -0.3 is 9.47 Å². The molecule has 100 valence electrons. The molecule has 19 heavy (non-hydrogen) atoms. The van der Waals surface area contributed by atoms with Crippen molar-refractivity contribution >= 4 is 17.1 Å². The standard InChI is InChI=1S/C13H10F2O3S/c1-17-10-6-7-19-12(10)11(16)8-2-4-9(5-3-8)18-13(14)15/h2-7,13H,1H3. The van der Waals surface area contributed by atoms with E-state index in [1.807, 2.05) is 0 Å². The third kappa shape index (κ3) is 3.08. The minimum absolute atomic E-state index is 0.0182. The van der Waals surface area contributed by atoms with Gasteiger partial charge in [0.2, 0.25) is 5.78 Å². The number of rotatable bonds is 5. The summed E-state index contributed by atoms with van der Waals surface area (Å²) in [4.78, 5) is 12.6. The Hall–Kier alpha value is -1.95. The Kier molecular flexibility index (Phi) is 4.11. The number of ketones is 1. The molecule has 0 saturated heterocycles. The van der Waals surface area contributed by atoms with Crippen LogP contribution in [-0.4, -0.2) is 19.5 Å². The van der Waals surface area contributed by atoms with Crippen LogP contribution in [0.4, 0.5) is 8.78 Å². The van der Waals surface area contributed by atoms with E-state index in [2.05, 4.69) is 4.74 Å². The van der Waals surface area contributed by atoms with Gasteiger partial charge in [-0.25, -0.2) is 0 Å². The quantitative estimate of drug-likeness (QED) is 0.787. The molecule has 0 aliphatic rings. The lowest BCUT2D eigenvalue weighted by molar-refractivity contribution is -0.0498. The van der Waals surface area contributed by atoms with E-state index in [-0.39, 0.29) is 11.5 Å². The Morgan fingerprint density at radius 3 is 2.47 bits per heavy atom. The lowest BCUT2D eigenvalue weighted by Gasteiger charge is -2.05. The number of hydrogen-bond donors (Lipinski definition) is 0. The molecule has 0 amide bonds. The summed E-state index contributed by atoms with van der Waals surface area (Å²) in [7, 11) is 1.48. The molecule has 2 aromatic rings. The summed E-state index contributed by atoms with van der Waals surface area (Å²) >= 11 is 1.27. The topological polar surface area (TPSA) is 35.5 Å². The number of benzene rings is 1. The maximum Gasteiger partial charge on any atom is 0.387 e. The fourth-order valence-corrected chi connectivity index (χ4v) is 2.36. The van der Waals surface area contributed by atoms with Crippen LogP contribution in [0.25, 0.3) is 0 Å². The largest absolute Gasteiger partial charge is 0.495 e. The Bertz CT molecular complexity index is 564. The highest BCUT2D eigenvalue weighted by atomic mass is 32.1. The van der Waals surface area contributed by atoms with Crippen LogP contribution in [-0.2, 0) is 0 Å². The van der Waals surface area contributed by atoms with Crippen LogP contribution in [0.3, 0.4) is 0 Å². The van der Waals surface area contributed by atoms with Crippen LogP contribution in [0.2, 0.25) is 0 Å². The highest BCUT2D eigenvalue weighted by Crippen LogP contribution is 2.27. The average molecular weight is 284 g/mol. The molecule has 0 bridgehead atoms. The first-order valence-electron chi connectivity index (χ1n) is 5.33. The summed E-state index contributed by atoms with van der Waals surface area (Å²) < 4.78 is 33.3. The van der Waals surface area contributed by atoms with E-state index in [1.165, 1.54) is 42.7 Å². The van der Waals surface area contributed by atoms with Crippen LogP contribution in [0.15, 0.2) is 35.7 Å². The van der Waals surface area contributed by atoms with Gasteiger partial charge in [0.1, 0.15) is 16.4 Å². The minimum Gasteiger partial charge on any atom is -0.495 e. The molecule has 1 aromatic heterocycles. The number of carbonyl (C=O) groups is 1. The Balaban J connectivity index is 2.20. The van der Waals surface area contributed by atoms with Gasteiger partial charge in [0, 0.05) is 5.56 Å². The fourth-order valence-electron chi connectivity index (χ4n) is 1.54. The molecule has 0 radical (unpaired) electrons. The molecular formula is C13H10F2O3S. The summed E-state index contributed by atoms with van der Waals surface area (Å²) in [6.07, 6.45) is 0. The van der Waals surface area contributed by atoms with Crippen molar-refractivity contribution < 1.29 is 23.0 Å². The van der Waals surface area contributed by atoms with Gasteiger partial charge in [-0.1, -0.05) is 0 Å². The van der Waals surface area contributed by atoms with Gasteiger partial charge in [0.25, 0.3) is 0 Å². The molecule has 6 heteroatoms. The predicted molar refractivity (Wildman–Crippen MR) is 67.4 cm³/mol. The van der Waals surface area contributed by atoms with Gasteiger partial charge in [-0.15, -0.1) is 11.3 Å². The van der Waals surface area contributed by atoms with E-state index < -0.39 is 6.61 Å². The Morgan fingerprint density at radius 1 is 1.21 bits per heavy atom. The molecule has 3 nitrogen and oxygen atoms in total. The highest BCUT2D eigenvalue weighted by Gasteiger charge is 2.16. The number of hydrogen-bond acceptors (Lipinski definition) is 4. The highest BCUT2D eigenvalue weighted by molar-refractivity contribution is 7.12. The molecule has 2 rings (SSSR count). The van der Waals surface area contributed by atoms with Crippen LogP contribution >= 0.6 is 11.3 Å². The summed E-state index contributed by atoms with van der Waals surface area (Å²) in [5.41, 5.74) is 0.391. The smallest absolute Gasteiger partial charge is 0.387 e. The molecule has 1 aromatic carbocycles. The predicted octanol–water partition coefficient (Wildman–Crippen LogP) is 3.59. The van der Waals surface area contributed by atoms with Crippen molar-refractivity contribution in [3.63, 3.8) is 0 Å². The number of methoxy groups -OCH3 is 1. The minimum atomic E-state index is -2.88. The zero-order chi connectivity index (χ0) is 13.8. The first kappa shape index (κ1) is 13.5. The maximum absolute atomic E-state index is 12.2. The number of halogens is 2. The van der Waals surface area contributed by atoms with Crippen LogP contribution in [0.1, 0.15) is 15.2 Å². The second-order valence-electron chi connectivity index (χ2n) is 3.55. The van der Waals surface area contributed by atoms with Gasteiger partial charge in [0.15, 0.2) is 0 Å². The van der Waals surface area contributed by atoms with Crippen molar-refractivity contribution in [3.8, 4) is 11.5 Å². The number of alkyl halides is 2. The molecule has 0 unspecified atom stereocenters. The third-order valence-electron chi connectivity index (χ3n) is 2.40. The van der Waals surface area contributed by atoms with Gasteiger partial charge in [-0.3, -0.25) is 4.79 Å². The van der Waals surface area contributed by atoms with E-state index in [0.717, 1.165) is 0 Å². The van der Waals surface area contributed by atoms with E-state index in [9.17, 15) is 13.6 Å². The molecule has 0 atom stereocenters. The lowest BCUT2D eigenvalue weighted by atomic mass is 10.1. The zero-order valence-corrected chi connectivity index (χ0v) is 10.7. The molecule has 0 fully saturated rings. The van der Waals surface area contributed by atoms with Gasteiger partial charge in [-0.2, -0.15) is 8.78 Å². The van der Waals surface area contributed by atoms with E-state index in [4.69, 9.17) is 4.74 Å². The SMILES string of the molecule is COc1ccsc1C(=O)c1ccc(OC(F)F)cc1. The Labute approximate surface area is 112 Å². The van der Waals surface area contributed by atoms with Crippen LogP contribution in [0.5, 0.6) is 11.5 Å². The summed E-state index contributed by atoms with van der Waals surface area (Å²) in [5.74, 6) is 0.308. The molecule has 0 aliphatic heterocycles. The van der Waals surface area contributed by atoms with Crippen LogP contribution in [0, 0.1) is 0 Å². The molecule has 0 spiro atoms. The number of ether oxygens (including phenoxy) is 2. The van der Waals surface area contributed by atoms with Gasteiger partial charge in [-0.05, 0) is 35.7 Å². The number of thiophene rings is 1. The summed E-state index contributed by atoms with van der Waals surface area (Å²) in [6, 6.07) is 7.25. The normalized spacial score (nSPS) is 10.5. The molecule has 0 saturated carbocycles. The van der Waals surface area contributed by atoms with E-state index in [0.29, 0.717) is 16.2 Å². The first-order chi connectivity index (χ1) is 9.11. The van der Waals surface area contributed by atoms with Crippen molar-refractivity contribution in [2.45, 2.75) is 6.61 Å². The fraction of sp³-hybridized carbons (Fsp3) is 0.154. The summed E-state index contributed by atoms with van der Waals surface area (Å²) in [5, 5.41) is 1.75. The zero-order valence-electron chi connectivity index (χ0n) is 9.93. The van der Waals surface area contributed by atoms with Crippen molar-refractivity contribution in [2.75, 3.05) is 7.11 Å². The number of carbonyl (C=O) groups excluding carboxylic acids is 1. The monoisotopic (exact) mass is 284 g/mol. The van der Waals surface area contributed by atoms with Gasteiger partial charge in [0.05, 0.1) is 7.11 Å². The Morgan fingerprint density at radius 2 is 1.89 bits per heavy atom. The van der Waals surface area contributed by atoms with Crippen molar-refractivity contribution in [2.24, 2.45) is 0 Å². The third-order valence-corrected chi connectivity index (χ3v) is 3.29. The molecule has 0 N–H and O–H groups in total. The molecule has 0 aliphatic carbocycles. The lowest BCUT2D eigenvalue weighted by Crippen LogP contribution is -2.03. The molecular weight excluding hydrogens is 274 g/mol. The second kappa shape index (κ2) is 5.79. The van der Waals surface area contributed by atoms with Crippen LogP contribution < -0.4 is 9.47 Å². The van der Waals surface area contributed by atoms with Gasteiger partial charge >= 0.3 is 6.61 Å². The van der Waals surface area contributed by atoms with Crippen molar-refractivity contribution in [1.82, 2.24) is 0 Å².